The third-order valence-electron chi connectivity index (χ3n) is 2.99. The second kappa shape index (κ2) is 6.80. The van der Waals surface area contributed by atoms with E-state index >= 15 is 0 Å². The Balaban J connectivity index is 2.49. The molecule has 1 nitrogen and oxygen atoms in total. The van der Waals surface area contributed by atoms with Gasteiger partial charge >= 0.3 is 0 Å². The minimum atomic E-state index is 0.225. The number of hydrogen-bond donors (Lipinski definition) is 1. The molecule has 1 unspecified atom stereocenters. The van der Waals surface area contributed by atoms with Crippen molar-refractivity contribution >= 4 is 0 Å². The monoisotopic (exact) mass is 233 g/mol. The lowest BCUT2D eigenvalue weighted by molar-refractivity contribution is 0.355. The van der Waals surface area contributed by atoms with Crippen LogP contribution in [0.4, 0.5) is 0 Å². The highest BCUT2D eigenvalue weighted by Gasteiger charge is 2.14. The van der Waals surface area contributed by atoms with Crippen LogP contribution in [-0.4, -0.2) is 12.1 Å². The fourth-order valence-corrected chi connectivity index (χ4v) is 2.08. The number of hydrogen-bond acceptors (Lipinski definition) is 1. The molecule has 0 fully saturated rings. The summed E-state index contributed by atoms with van der Waals surface area (Å²) >= 11 is 0. The lowest BCUT2D eigenvalue weighted by Gasteiger charge is -2.25. The molecule has 0 spiro atoms. The molecule has 0 aliphatic rings. The van der Waals surface area contributed by atoms with Gasteiger partial charge in [-0.2, -0.15) is 0 Å². The maximum atomic E-state index is 3.63. The van der Waals surface area contributed by atoms with Gasteiger partial charge in [0, 0.05) is 5.54 Å². The SMILES string of the molecule is CCCC(CNC(C)(C)C)Cc1ccccc1. The van der Waals surface area contributed by atoms with Gasteiger partial charge in [0.05, 0.1) is 0 Å². The topological polar surface area (TPSA) is 12.0 Å². The van der Waals surface area contributed by atoms with Crippen LogP contribution in [0.1, 0.15) is 46.1 Å². The average molecular weight is 233 g/mol. The predicted octanol–water partition coefficient (Wildman–Crippen LogP) is 4.03. The number of nitrogens with one attached hydrogen (secondary N) is 1. The molecule has 0 aliphatic carbocycles. The molecule has 0 saturated carbocycles. The Bertz CT molecular complexity index is 297. The highest BCUT2D eigenvalue weighted by Crippen LogP contribution is 2.14. The minimum absolute atomic E-state index is 0.225. The fraction of sp³-hybridized carbons (Fsp3) is 0.625. The van der Waals surface area contributed by atoms with Gasteiger partial charge in [0.2, 0.25) is 0 Å². The van der Waals surface area contributed by atoms with Gasteiger partial charge < -0.3 is 5.32 Å². The minimum Gasteiger partial charge on any atom is -0.312 e. The van der Waals surface area contributed by atoms with Crippen LogP contribution in [0.15, 0.2) is 30.3 Å². The van der Waals surface area contributed by atoms with Gasteiger partial charge in [0.1, 0.15) is 0 Å². The normalized spacial score (nSPS) is 13.6. The summed E-state index contributed by atoms with van der Waals surface area (Å²) in [6.45, 7) is 10.1. The summed E-state index contributed by atoms with van der Waals surface area (Å²) < 4.78 is 0. The van der Waals surface area contributed by atoms with Crippen molar-refractivity contribution in [3.8, 4) is 0 Å². The van der Waals surface area contributed by atoms with Gasteiger partial charge in [-0.15, -0.1) is 0 Å². The summed E-state index contributed by atoms with van der Waals surface area (Å²) in [6.07, 6.45) is 3.76. The van der Waals surface area contributed by atoms with E-state index in [2.05, 4.69) is 63.3 Å². The molecule has 1 heteroatoms. The molecule has 0 bridgehead atoms. The van der Waals surface area contributed by atoms with Crippen molar-refractivity contribution in [1.29, 1.82) is 0 Å². The first-order valence-corrected chi connectivity index (χ1v) is 6.80. The van der Waals surface area contributed by atoms with Crippen molar-refractivity contribution in [2.75, 3.05) is 6.54 Å². The van der Waals surface area contributed by atoms with Crippen LogP contribution in [0.3, 0.4) is 0 Å². The van der Waals surface area contributed by atoms with Crippen molar-refractivity contribution in [2.45, 2.75) is 52.5 Å². The van der Waals surface area contributed by atoms with E-state index in [4.69, 9.17) is 0 Å². The zero-order valence-electron chi connectivity index (χ0n) is 11.8. The van der Waals surface area contributed by atoms with Crippen LogP contribution in [-0.2, 0) is 6.42 Å². The molecule has 0 radical (unpaired) electrons. The first-order valence-electron chi connectivity index (χ1n) is 6.80. The molecule has 1 N–H and O–H groups in total. The Morgan fingerprint density at radius 1 is 1.12 bits per heavy atom. The van der Waals surface area contributed by atoms with E-state index in [1.54, 1.807) is 0 Å². The van der Waals surface area contributed by atoms with Crippen LogP contribution in [0.5, 0.6) is 0 Å². The Morgan fingerprint density at radius 3 is 2.29 bits per heavy atom. The Hall–Kier alpha value is -0.820. The number of rotatable bonds is 6. The van der Waals surface area contributed by atoms with Crippen LogP contribution in [0.2, 0.25) is 0 Å². The third-order valence-corrected chi connectivity index (χ3v) is 2.99. The summed E-state index contributed by atoms with van der Waals surface area (Å²) in [5.74, 6) is 0.752. The molecular weight excluding hydrogens is 206 g/mol. The summed E-state index contributed by atoms with van der Waals surface area (Å²) in [6, 6.07) is 10.8. The van der Waals surface area contributed by atoms with Crippen LogP contribution < -0.4 is 5.32 Å². The van der Waals surface area contributed by atoms with Crippen molar-refractivity contribution in [3.63, 3.8) is 0 Å². The van der Waals surface area contributed by atoms with E-state index in [1.807, 2.05) is 0 Å². The lowest BCUT2D eigenvalue weighted by atomic mass is 9.94. The van der Waals surface area contributed by atoms with E-state index < -0.39 is 0 Å². The molecule has 0 saturated heterocycles. The highest BCUT2D eigenvalue weighted by molar-refractivity contribution is 5.15. The van der Waals surface area contributed by atoms with E-state index in [1.165, 1.54) is 24.8 Å². The van der Waals surface area contributed by atoms with Crippen molar-refractivity contribution in [3.05, 3.63) is 35.9 Å². The molecule has 0 aliphatic heterocycles. The summed E-state index contributed by atoms with van der Waals surface area (Å²) in [4.78, 5) is 0. The van der Waals surface area contributed by atoms with Gasteiger partial charge in [-0.05, 0) is 51.6 Å². The molecular formula is C16H27N. The van der Waals surface area contributed by atoms with E-state index in [0.717, 1.165) is 12.5 Å². The molecule has 1 atom stereocenters. The maximum absolute atomic E-state index is 3.63. The largest absolute Gasteiger partial charge is 0.312 e. The fourth-order valence-electron chi connectivity index (χ4n) is 2.08. The van der Waals surface area contributed by atoms with Crippen LogP contribution in [0.25, 0.3) is 0 Å². The molecule has 1 rings (SSSR count). The first kappa shape index (κ1) is 14.2. The maximum Gasteiger partial charge on any atom is 0.00966 e. The van der Waals surface area contributed by atoms with E-state index in [-0.39, 0.29) is 5.54 Å². The standard InChI is InChI=1S/C16H27N/c1-5-9-15(13-17-16(2,3)4)12-14-10-7-6-8-11-14/h6-8,10-11,15,17H,5,9,12-13H2,1-4H3. The highest BCUT2D eigenvalue weighted by atomic mass is 14.9. The van der Waals surface area contributed by atoms with Gasteiger partial charge in [-0.1, -0.05) is 43.7 Å². The molecule has 17 heavy (non-hydrogen) atoms. The second-order valence-electron chi connectivity index (χ2n) is 5.98. The Labute approximate surface area is 107 Å². The van der Waals surface area contributed by atoms with Crippen molar-refractivity contribution < 1.29 is 0 Å². The van der Waals surface area contributed by atoms with Gasteiger partial charge in [-0.3, -0.25) is 0 Å². The van der Waals surface area contributed by atoms with E-state index in [9.17, 15) is 0 Å². The van der Waals surface area contributed by atoms with Gasteiger partial charge in [0.15, 0.2) is 0 Å². The molecule has 1 aromatic carbocycles. The molecule has 0 amide bonds. The Kier molecular flexibility index (Phi) is 5.70. The lowest BCUT2D eigenvalue weighted by Crippen LogP contribution is -2.39. The predicted molar refractivity (Wildman–Crippen MR) is 76.3 cm³/mol. The summed E-state index contributed by atoms with van der Waals surface area (Å²) in [7, 11) is 0. The zero-order chi connectivity index (χ0) is 12.7. The number of benzene rings is 1. The third kappa shape index (κ3) is 6.48. The van der Waals surface area contributed by atoms with Crippen LogP contribution in [0, 0.1) is 5.92 Å². The van der Waals surface area contributed by atoms with Gasteiger partial charge in [0.25, 0.3) is 0 Å². The zero-order valence-corrected chi connectivity index (χ0v) is 11.8. The Morgan fingerprint density at radius 2 is 1.76 bits per heavy atom. The molecule has 1 aromatic rings. The summed E-state index contributed by atoms with van der Waals surface area (Å²) in [5.41, 5.74) is 1.68. The van der Waals surface area contributed by atoms with Crippen molar-refractivity contribution in [1.82, 2.24) is 5.32 Å². The van der Waals surface area contributed by atoms with E-state index in [0.29, 0.717) is 0 Å². The average Bonchev–Trinajstić information content (AvgIpc) is 2.27. The molecule has 0 aromatic heterocycles. The smallest absolute Gasteiger partial charge is 0.00966 e. The quantitative estimate of drug-likeness (QED) is 0.782. The van der Waals surface area contributed by atoms with Crippen LogP contribution >= 0.6 is 0 Å². The molecule has 0 heterocycles. The van der Waals surface area contributed by atoms with Crippen molar-refractivity contribution in [2.24, 2.45) is 5.92 Å². The van der Waals surface area contributed by atoms with Gasteiger partial charge in [-0.25, -0.2) is 0 Å². The summed E-state index contributed by atoms with van der Waals surface area (Å²) in [5, 5.41) is 3.63. The first-order chi connectivity index (χ1) is 8.01. The second-order valence-corrected chi connectivity index (χ2v) is 5.98. The molecule has 96 valence electrons.